The molecule has 92 valence electrons. The van der Waals surface area contributed by atoms with Gasteiger partial charge in [-0.25, -0.2) is 0 Å². The van der Waals surface area contributed by atoms with Gasteiger partial charge in [0.05, 0.1) is 6.61 Å². The standard InChI is InChI=1S/C13H16O4/c1-2-17-13(16)9-12(15)11(14)8-10-6-4-3-5-7-10/h3-7,11,14H,2,8-9H2,1H3/t11-/m0/s1. The molecule has 1 aromatic rings. The summed E-state index contributed by atoms with van der Waals surface area (Å²) in [5.41, 5.74) is 0.859. The van der Waals surface area contributed by atoms with Crippen molar-refractivity contribution in [3.8, 4) is 0 Å². The quantitative estimate of drug-likeness (QED) is 0.593. The number of Topliss-reactive ketones (excluding diaryl/α,β-unsaturated/α-hetero) is 1. The lowest BCUT2D eigenvalue weighted by atomic mass is 10.0. The fraction of sp³-hybridized carbons (Fsp3) is 0.385. The smallest absolute Gasteiger partial charge is 0.313 e. The molecule has 1 N–H and O–H groups in total. The fourth-order valence-electron chi connectivity index (χ4n) is 1.42. The van der Waals surface area contributed by atoms with Crippen LogP contribution in [0.2, 0.25) is 0 Å². The molecule has 4 nitrogen and oxygen atoms in total. The van der Waals surface area contributed by atoms with Gasteiger partial charge in [0.2, 0.25) is 0 Å². The van der Waals surface area contributed by atoms with Crippen LogP contribution in [0.1, 0.15) is 18.9 Å². The minimum absolute atomic E-state index is 0.221. The third-order valence-electron chi connectivity index (χ3n) is 2.27. The molecule has 0 fully saturated rings. The van der Waals surface area contributed by atoms with Crippen molar-refractivity contribution in [3.63, 3.8) is 0 Å². The first-order chi connectivity index (χ1) is 8.13. The molecule has 1 atom stereocenters. The van der Waals surface area contributed by atoms with E-state index in [-0.39, 0.29) is 19.4 Å². The summed E-state index contributed by atoms with van der Waals surface area (Å²) >= 11 is 0. The van der Waals surface area contributed by atoms with Crippen molar-refractivity contribution in [3.05, 3.63) is 35.9 Å². The van der Waals surface area contributed by atoms with Crippen LogP contribution < -0.4 is 0 Å². The summed E-state index contributed by atoms with van der Waals surface area (Å²) in [6.45, 7) is 1.91. The van der Waals surface area contributed by atoms with Gasteiger partial charge < -0.3 is 9.84 Å². The Morgan fingerprint density at radius 1 is 1.29 bits per heavy atom. The number of carbonyl (C=O) groups is 2. The average molecular weight is 236 g/mol. The Morgan fingerprint density at radius 3 is 2.53 bits per heavy atom. The number of aliphatic hydroxyl groups excluding tert-OH is 1. The van der Waals surface area contributed by atoms with Crippen LogP contribution in [0.5, 0.6) is 0 Å². The number of hydrogen-bond donors (Lipinski definition) is 1. The zero-order valence-corrected chi connectivity index (χ0v) is 9.76. The van der Waals surface area contributed by atoms with Crippen molar-refractivity contribution in [1.82, 2.24) is 0 Å². The van der Waals surface area contributed by atoms with E-state index in [2.05, 4.69) is 4.74 Å². The van der Waals surface area contributed by atoms with Gasteiger partial charge in [0.25, 0.3) is 0 Å². The van der Waals surface area contributed by atoms with Gasteiger partial charge in [-0.05, 0) is 12.5 Å². The van der Waals surface area contributed by atoms with E-state index in [0.717, 1.165) is 5.56 Å². The van der Waals surface area contributed by atoms with Gasteiger partial charge in [0.1, 0.15) is 12.5 Å². The molecule has 0 saturated heterocycles. The number of rotatable bonds is 6. The summed E-state index contributed by atoms with van der Waals surface area (Å²) in [5.74, 6) is -1.10. The van der Waals surface area contributed by atoms with Crippen molar-refractivity contribution in [2.75, 3.05) is 6.61 Å². The summed E-state index contributed by atoms with van der Waals surface area (Å²) in [4.78, 5) is 22.5. The van der Waals surface area contributed by atoms with Crippen LogP contribution in [0.25, 0.3) is 0 Å². The SMILES string of the molecule is CCOC(=O)CC(=O)[C@@H](O)Cc1ccccc1. The van der Waals surface area contributed by atoms with Crippen LogP contribution in [0.4, 0.5) is 0 Å². The van der Waals surface area contributed by atoms with Crippen LogP contribution in [0, 0.1) is 0 Å². The van der Waals surface area contributed by atoms with Crippen LogP contribution in [-0.4, -0.2) is 29.6 Å². The number of esters is 1. The van der Waals surface area contributed by atoms with Crippen LogP contribution >= 0.6 is 0 Å². The Morgan fingerprint density at radius 2 is 1.94 bits per heavy atom. The van der Waals surface area contributed by atoms with Gasteiger partial charge in [0, 0.05) is 6.42 Å². The second kappa shape index (κ2) is 6.81. The highest BCUT2D eigenvalue weighted by Crippen LogP contribution is 2.05. The minimum Gasteiger partial charge on any atom is -0.466 e. The fourth-order valence-corrected chi connectivity index (χ4v) is 1.42. The lowest BCUT2D eigenvalue weighted by Gasteiger charge is -2.09. The van der Waals surface area contributed by atoms with Gasteiger partial charge in [-0.3, -0.25) is 9.59 Å². The van der Waals surface area contributed by atoms with Crippen molar-refractivity contribution in [2.24, 2.45) is 0 Å². The molecule has 0 bridgehead atoms. The van der Waals surface area contributed by atoms with Crippen molar-refractivity contribution >= 4 is 11.8 Å². The average Bonchev–Trinajstić information content (AvgIpc) is 2.30. The van der Waals surface area contributed by atoms with E-state index >= 15 is 0 Å². The first-order valence-corrected chi connectivity index (χ1v) is 5.53. The Labute approximate surface area is 100 Å². The molecular formula is C13H16O4. The lowest BCUT2D eigenvalue weighted by Crippen LogP contribution is -2.26. The molecule has 1 aromatic carbocycles. The zero-order chi connectivity index (χ0) is 12.7. The lowest BCUT2D eigenvalue weighted by molar-refractivity contribution is -0.147. The predicted molar refractivity (Wildman–Crippen MR) is 62.4 cm³/mol. The number of carbonyl (C=O) groups excluding carboxylic acids is 2. The molecule has 0 aromatic heterocycles. The number of aliphatic hydroxyl groups is 1. The first kappa shape index (κ1) is 13.4. The maximum atomic E-state index is 11.5. The van der Waals surface area contributed by atoms with E-state index < -0.39 is 17.9 Å². The van der Waals surface area contributed by atoms with Gasteiger partial charge in [-0.1, -0.05) is 30.3 Å². The van der Waals surface area contributed by atoms with E-state index in [4.69, 9.17) is 0 Å². The third-order valence-corrected chi connectivity index (χ3v) is 2.27. The largest absolute Gasteiger partial charge is 0.466 e. The number of benzene rings is 1. The Balaban J connectivity index is 2.45. The van der Waals surface area contributed by atoms with E-state index in [1.54, 1.807) is 6.92 Å². The number of ketones is 1. The zero-order valence-electron chi connectivity index (χ0n) is 9.76. The van der Waals surface area contributed by atoms with Crippen molar-refractivity contribution < 1.29 is 19.4 Å². The summed E-state index contributed by atoms with van der Waals surface area (Å²) < 4.78 is 4.64. The summed E-state index contributed by atoms with van der Waals surface area (Å²) in [7, 11) is 0. The molecule has 0 aliphatic rings. The van der Waals surface area contributed by atoms with Gasteiger partial charge in [0.15, 0.2) is 5.78 Å². The maximum Gasteiger partial charge on any atom is 0.313 e. The minimum atomic E-state index is -1.15. The van der Waals surface area contributed by atoms with Gasteiger partial charge >= 0.3 is 5.97 Å². The molecule has 17 heavy (non-hydrogen) atoms. The monoisotopic (exact) mass is 236 g/mol. The molecule has 0 saturated carbocycles. The van der Waals surface area contributed by atoms with Crippen LogP contribution in [0.15, 0.2) is 30.3 Å². The Bertz CT molecular complexity index is 372. The second-order valence-electron chi connectivity index (χ2n) is 3.65. The molecule has 0 radical (unpaired) electrons. The summed E-state index contributed by atoms with van der Waals surface area (Å²) in [5, 5.41) is 9.63. The van der Waals surface area contributed by atoms with E-state index in [9.17, 15) is 14.7 Å². The Hall–Kier alpha value is -1.68. The second-order valence-corrected chi connectivity index (χ2v) is 3.65. The van der Waals surface area contributed by atoms with Gasteiger partial charge in [-0.2, -0.15) is 0 Å². The highest BCUT2D eigenvalue weighted by molar-refractivity contribution is 5.97. The van der Waals surface area contributed by atoms with Crippen molar-refractivity contribution in [1.29, 1.82) is 0 Å². The predicted octanol–water partition coefficient (Wildman–Crippen LogP) is 1.11. The molecule has 1 rings (SSSR count). The molecule has 0 unspecified atom stereocenters. The summed E-state index contributed by atoms with van der Waals surface area (Å²) in [6.07, 6.45) is -1.30. The van der Waals surface area contributed by atoms with E-state index in [0.29, 0.717) is 0 Å². The highest BCUT2D eigenvalue weighted by atomic mass is 16.5. The van der Waals surface area contributed by atoms with Crippen LogP contribution in [0.3, 0.4) is 0 Å². The topological polar surface area (TPSA) is 63.6 Å². The Kier molecular flexibility index (Phi) is 5.36. The molecular weight excluding hydrogens is 220 g/mol. The van der Waals surface area contributed by atoms with E-state index in [1.807, 2.05) is 30.3 Å². The third kappa shape index (κ3) is 4.78. The summed E-state index contributed by atoms with van der Waals surface area (Å²) in [6, 6.07) is 9.16. The number of hydrogen-bond acceptors (Lipinski definition) is 4. The molecule has 4 heteroatoms. The molecule has 0 aliphatic carbocycles. The first-order valence-electron chi connectivity index (χ1n) is 5.53. The maximum absolute atomic E-state index is 11.5. The highest BCUT2D eigenvalue weighted by Gasteiger charge is 2.19. The van der Waals surface area contributed by atoms with Crippen molar-refractivity contribution in [2.45, 2.75) is 25.9 Å². The molecule has 0 heterocycles. The molecule has 0 amide bonds. The molecule has 0 aliphatic heterocycles. The van der Waals surface area contributed by atoms with E-state index in [1.165, 1.54) is 0 Å². The van der Waals surface area contributed by atoms with Gasteiger partial charge in [-0.15, -0.1) is 0 Å². The number of ether oxygens (including phenoxy) is 1. The molecule has 0 spiro atoms. The normalized spacial score (nSPS) is 11.9. The van der Waals surface area contributed by atoms with Crippen LogP contribution in [-0.2, 0) is 20.7 Å².